The van der Waals surface area contributed by atoms with Crippen LogP contribution in [0.4, 0.5) is 5.82 Å². The monoisotopic (exact) mass is 274 g/mol. The quantitative estimate of drug-likeness (QED) is 0.913. The molecule has 1 aliphatic rings. The first-order valence-corrected chi connectivity index (χ1v) is 7.28. The summed E-state index contributed by atoms with van der Waals surface area (Å²) in [6.07, 6.45) is 3.43. The molecule has 0 unspecified atom stereocenters. The van der Waals surface area contributed by atoms with Gasteiger partial charge in [-0.15, -0.1) is 5.10 Å². The minimum atomic E-state index is -0.0722. The van der Waals surface area contributed by atoms with Crippen LogP contribution in [0.2, 0.25) is 0 Å². The van der Waals surface area contributed by atoms with E-state index in [4.69, 9.17) is 4.74 Å². The number of ether oxygens (including phenoxy) is 1. The van der Waals surface area contributed by atoms with E-state index in [0.29, 0.717) is 11.4 Å². The molecule has 108 valence electrons. The van der Waals surface area contributed by atoms with Gasteiger partial charge in [0.1, 0.15) is 11.6 Å². The van der Waals surface area contributed by atoms with Crippen LogP contribution in [0.15, 0.2) is 0 Å². The summed E-state index contributed by atoms with van der Waals surface area (Å²) < 4.78 is 5.40. The predicted octanol–water partition coefficient (Wildman–Crippen LogP) is 2.45. The lowest BCUT2D eigenvalue weighted by molar-refractivity contribution is 0.0657. The van der Waals surface area contributed by atoms with Crippen molar-refractivity contribution in [1.29, 1.82) is 5.26 Å². The second kappa shape index (κ2) is 6.19. The summed E-state index contributed by atoms with van der Waals surface area (Å²) in [5.74, 6) is 0.617. The molecule has 1 saturated heterocycles. The van der Waals surface area contributed by atoms with Gasteiger partial charge in [-0.25, -0.2) is 0 Å². The molecular formula is C15H22N4O. The number of hydrogen-bond donors (Lipinski definition) is 1. The number of aromatic nitrogens is 2. The first-order valence-electron chi connectivity index (χ1n) is 7.28. The maximum atomic E-state index is 9.48. The second-order valence-corrected chi connectivity index (χ2v) is 5.47. The van der Waals surface area contributed by atoms with Gasteiger partial charge in [-0.2, -0.15) is 10.4 Å². The smallest absolute Gasteiger partial charge is 0.167 e. The molecule has 5 heteroatoms. The summed E-state index contributed by atoms with van der Waals surface area (Å²) in [6, 6.07) is 2.30. The van der Waals surface area contributed by atoms with Gasteiger partial charge < -0.3 is 10.1 Å². The van der Waals surface area contributed by atoms with Crippen molar-refractivity contribution in [3.8, 4) is 6.07 Å². The molecule has 1 N–H and O–H groups in total. The first kappa shape index (κ1) is 14.7. The van der Waals surface area contributed by atoms with Crippen molar-refractivity contribution in [3.63, 3.8) is 0 Å². The van der Waals surface area contributed by atoms with Crippen molar-refractivity contribution in [2.24, 2.45) is 0 Å². The van der Waals surface area contributed by atoms with Gasteiger partial charge in [0.05, 0.1) is 5.69 Å². The van der Waals surface area contributed by atoms with Crippen molar-refractivity contribution in [2.45, 2.75) is 52.0 Å². The summed E-state index contributed by atoms with van der Waals surface area (Å²) in [7, 11) is 0. The summed E-state index contributed by atoms with van der Waals surface area (Å²) in [5, 5.41) is 21.4. The predicted molar refractivity (Wildman–Crippen MR) is 77.6 cm³/mol. The first-order chi connectivity index (χ1) is 9.63. The highest BCUT2D eigenvalue weighted by Crippen LogP contribution is 2.28. The Morgan fingerprint density at radius 1 is 1.25 bits per heavy atom. The van der Waals surface area contributed by atoms with Gasteiger partial charge in [0.25, 0.3) is 0 Å². The lowest BCUT2D eigenvalue weighted by Crippen LogP contribution is -2.41. The SMILES string of the molecule is CCc1nnc(NC2(C)CCOCC2)c(C#N)c1CC. The summed E-state index contributed by atoms with van der Waals surface area (Å²) in [5.41, 5.74) is 2.51. The number of anilines is 1. The lowest BCUT2D eigenvalue weighted by Gasteiger charge is -2.35. The van der Waals surface area contributed by atoms with E-state index < -0.39 is 0 Å². The average Bonchev–Trinajstić information content (AvgIpc) is 2.47. The minimum absolute atomic E-state index is 0.0722. The Morgan fingerprint density at radius 3 is 2.50 bits per heavy atom. The van der Waals surface area contributed by atoms with Gasteiger partial charge in [0, 0.05) is 18.8 Å². The molecule has 1 aromatic heterocycles. The van der Waals surface area contributed by atoms with Gasteiger partial charge in [-0.1, -0.05) is 13.8 Å². The molecular weight excluding hydrogens is 252 g/mol. The topological polar surface area (TPSA) is 70.8 Å². The Hall–Kier alpha value is -1.67. The van der Waals surface area contributed by atoms with E-state index in [2.05, 4.69) is 35.4 Å². The second-order valence-electron chi connectivity index (χ2n) is 5.47. The van der Waals surface area contributed by atoms with Crippen molar-refractivity contribution >= 4 is 5.82 Å². The molecule has 0 amide bonds. The number of nitrogens with zero attached hydrogens (tertiary/aromatic N) is 3. The van der Waals surface area contributed by atoms with Gasteiger partial charge in [-0.05, 0) is 38.2 Å². The fourth-order valence-electron chi connectivity index (χ4n) is 2.61. The number of nitrogens with one attached hydrogen (secondary N) is 1. The lowest BCUT2D eigenvalue weighted by atomic mass is 9.92. The van der Waals surface area contributed by atoms with E-state index in [1.54, 1.807) is 0 Å². The van der Waals surface area contributed by atoms with Crippen LogP contribution < -0.4 is 5.32 Å². The van der Waals surface area contributed by atoms with Crippen molar-refractivity contribution in [1.82, 2.24) is 10.2 Å². The van der Waals surface area contributed by atoms with E-state index in [1.807, 2.05) is 6.92 Å². The Bertz CT molecular complexity index is 515. The molecule has 0 aliphatic carbocycles. The van der Waals surface area contributed by atoms with E-state index in [9.17, 15) is 5.26 Å². The standard InChI is InChI=1S/C15H22N4O/c1-4-11-12(10-16)14(19-18-13(11)5-2)17-15(3)6-8-20-9-7-15/h4-9H2,1-3H3,(H,17,19). The Morgan fingerprint density at radius 2 is 1.95 bits per heavy atom. The van der Waals surface area contributed by atoms with E-state index >= 15 is 0 Å². The molecule has 1 aliphatic heterocycles. The fourth-order valence-corrected chi connectivity index (χ4v) is 2.61. The highest BCUT2D eigenvalue weighted by atomic mass is 16.5. The van der Waals surface area contributed by atoms with E-state index in [-0.39, 0.29) is 5.54 Å². The Balaban J connectivity index is 2.34. The molecule has 20 heavy (non-hydrogen) atoms. The molecule has 0 atom stereocenters. The summed E-state index contributed by atoms with van der Waals surface area (Å²) >= 11 is 0. The summed E-state index contributed by atoms with van der Waals surface area (Å²) in [6.45, 7) is 7.73. The molecule has 1 fully saturated rings. The summed E-state index contributed by atoms with van der Waals surface area (Å²) in [4.78, 5) is 0. The highest BCUT2D eigenvalue weighted by molar-refractivity contribution is 5.57. The Labute approximate surface area is 120 Å². The molecule has 2 rings (SSSR count). The maximum absolute atomic E-state index is 9.48. The number of rotatable bonds is 4. The van der Waals surface area contributed by atoms with Crippen LogP contribution in [-0.2, 0) is 17.6 Å². The largest absolute Gasteiger partial charge is 0.381 e. The molecule has 0 bridgehead atoms. The zero-order chi connectivity index (χ0) is 14.6. The molecule has 0 spiro atoms. The van der Waals surface area contributed by atoms with Crippen LogP contribution in [0.3, 0.4) is 0 Å². The molecule has 1 aromatic rings. The zero-order valence-electron chi connectivity index (χ0n) is 12.5. The number of hydrogen-bond acceptors (Lipinski definition) is 5. The molecule has 2 heterocycles. The fraction of sp³-hybridized carbons (Fsp3) is 0.667. The van der Waals surface area contributed by atoms with Crippen molar-refractivity contribution < 1.29 is 4.74 Å². The average molecular weight is 274 g/mol. The van der Waals surface area contributed by atoms with Gasteiger partial charge in [-0.3, -0.25) is 0 Å². The highest BCUT2D eigenvalue weighted by Gasteiger charge is 2.29. The van der Waals surface area contributed by atoms with Crippen molar-refractivity contribution in [2.75, 3.05) is 18.5 Å². The zero-order valence-corrected chi connectivity index (χ0v) is 12.5. The van der Waals surface area contributed by atoms with Crippen LogP contribution in [0.5, 0.6) is 0 Å². The van der Waals surface area contributed by atoms with Gasteiger partial charge >= 0.3 is 0 Å². The number of nitriles is 1. The molecule has 0 aromatic carbocycles. The third-order valence-electron chi connectivity index (χ3n) is 3.97. The Kier molecular flexibility index (Phi) is 4.56. The van der Waals surface area contributed by atoms with E-state index in [1.165, 1.54) is 0 Å². The third kappa shape index (κ3) is 2.91. The molecule has 0 saturated carbocycles. The minimum Gasteiger partial charge on any atom is -0.381 e. The maximum Gasteiger partial charge on any atom is 0.167 e. The third-order valence-corrected chi connectivity index (χ3v) is 3.97. The van der Waals surface area contributed by atoms with Crippen LogP contribution >= 0.6 is 0 Å². The van der Waals surface area contributed by atoms with Gasteiger partial charge in [0.2, 0.25) is 0 Å². The van der Waals surface area contributed by atoms with Crippen molar-refractivity contribution in [3.05, 3.63) is 16.8 Å². The van der Waals surface area contributed by atoms with Crippen LogP contribution in [0, 0.1) is 11.3 Å². The van der Waals surface area contributed by atoms with Crippen LogP contribution in [0.25, 0.3) is 0 Å². The van der Waals surface area contributed by atoms with Crippen LogP contribution in [0.1, 0.15) is 50.4 Å². The normalized spacial score (nSPS) is 17.5. The van der Waals surface area contributed by atoms with Crippen LogP contribution in [-0.4, -0.2) is 29.0 Å². The number of aryl methyl sites for hydroxylation is 1. The molecule has 5 nitrogen and oxygen atoms in total. The van der Waals surface area contributed by atoms with Gasteiger partial charge in [0.15, 0.2) is 5.82 Å². The molecule has 0 radical (unpaired) electrons. The van der Waals surface area contributed by atoms with E-state index in [0.717, 1.165) is 50.2 Å².